The third kappa shape index (κ3) is 2.99. The Hall–Kier alpha value is -1.46. The highest BCUT2D eigenvalue weighted by Crippen LogP contribution is 2.25. The highest BCUT2D eigenvalue weighted by atomic mass is 35.5. The number of rotatable bonds is 5. The van der Waals surface area contributed by atoms with Crippen LogP contribution in [0.1, 0.15) is 37.0 Å². The van der Waals surface area contributed by atoms with Crippen molar-refractivity contribution >= 4 is 11.6 Å². The minimum atomic E-state index is -0.370. The monoisotopic (exact) mass is 296 g/mol. The Bertz CT molecular complexity index is 580. The van der Waals surface area contributed by atoms with Crippen molar-refractivity contribution in [3.63, 3.8) is 0 Å². The van der Waals surface area contributed by atoms with Crippen molar-refractivity contribution in [3.05, 3.63) is 46.3 Å². The van der Waals surface area contributed by atoms with Gasteiger partial charge in [-0.2, -0.15) is 5.10 Å². The Morgan fingerprint density at radius 2 is 2.15 bits per heavy atom. The summed E-state index contributed by atoms with van der Waals surface area (Å²) in [5.74, 6) is -0.370. The van der Waals surface area contributed by atoms with Gasteiger partial charge < -0.3 is 5.73 Å². The van der Waals surface area contributed by atoms with Crippen LogP contribution >= 0.6 is 11.6 Å². The average Bonchev–Trinajstić information content (AvgIpc) is 2.76. The zero-order valence-electron chi connectivity index (χ0n) is 11.6. The molecule has 0 saturated carbocycles. The lowest BCUT2D eigenvalue weighted by molar-refractivity contribution is 0.576. The van der Waals surface area contributed by atoms with Crippen LogP contribution in [0.25, 0.3) is 0 Å². The lowest BCUT2D eigenvalue weighted by Crippen LogP contribution is -2.17. The summed E-state index contributed by atoms with van der Waals surface area (Å²) >= 11 is 6.35. The first-order chi connectivity index (χ1) is 9.56. The van der Waals surface area contributed by atoms with E-state index < -0.39 is 0 Å². The van der Waals surface area contributed by atoms with Crippen LogP contribution in [0.3, 0.4) is 0 Å². The molecule has 6 heteroatoms. The molecule has 0 aliphatic heterocycles. The average molecular weight is 297 g/mol. The standard InChI is InChI=1S/C14H18ClFN4/c1-3-11-14(15)13(20(4-2)19-11)7-10(17)12-6-5-9(16)8-18-12/h5-6,8,10H,3-4,7,17H2,1-2H3. The molecule has 0 saturated heterocycles. The topological polar surface area (TPSA) is 56.7 Å². The molecule has 4 nitrogen and oxygen atoms in total. The number of hydrogen-bond donors (Lipinski definition) is 1. The van der Waals surface area contributed by atoms with E-state index in [0.29, 0.717) is 17.1 Å². The molecule has 2 N–H and O–H groups in total. The highest BCUT2D eigenvalue weighted by molar-refractivity contribution is 6.31. The van der Waals surface area contributed by atoms with Crippen LogP contribution in [0.2, 0.25) is 5.02 Å². The van der Waals surface area contributed by atoms with E-state index in [1.165, 1.54) is 12.3 Å². The largest absolute Gasteiger partial charge is 0.322 e. The van der Waals surface area contributed by atoms with Crippen molar-refractivity contribution in [2.75, 3.05) is 0 Å². The van der Waals surface area contributed by atoms with E-state index in [1.54, 1.807) is 6.07 Å². The van der Waals surface area contributed by atoms with Crippen LogP contribution in [0.5, 0.6) is 0 Å². The van der Waals surface area contributed by atoms with Crippen molar-refractivity contribution in [2.24, 2.45) is 5.73 Å². The fourth-order valence-electron chi connectivity index (χ4n) is 2.13. The zero-order valence-corrected chi connectivity index (χ0v) is 12.4. The predicted molar refractivity (Wildman–Crippen MR) is 77.1 cm³/mol. The van der Waals surface area contributed by atoms with Crippen LogP contribution in [-0.2, 0) is 19.4 Å². The van der Waals surface area contributed by atoms with Crippen molar-refractivity contribution < 1.29 is 4.39 Å². The van der Waals surface area contributed by atoms with E-state index in [-0.39, 0.29) is 11.9 Å². The molecule has 2 rings (SSSR count). The van der Waals surface area contributed by atoms with Crippen molar-refractivity contribution in [2.45, 2.75) is 39.3 Å². The van der Waals surface area contributed by atoms with Gasteiger partial charge in [-0.25, -0.2) is 4.39 Å². The lowest BCUT2D eigenvalue weighted by atomic mass is 10.1. The SMILES string of the molecule is CCc1nn(CC)c(CC(N)c2ccc(F)cn2)c1Cl. The van der Waals surface area contributed by atoms with Crippen molar-refractivity contribution in [1.29, 1.82) is 0 Å². The molecule has 0 aromatic carbocycles. The molecule has 2 aromatic heterocycles. The summed E-state index contributed by atoms with van der Waals surface area (Å²) in [6.45, 7) is 4.76. The maximum Gasteiger partial charge on any atom is 0.141 e. The van der Waals surface area contributed by atoms with Gasteiger partial charge in [-0.15, -0.1) is 0 Å². The second-order valence-corrected chi connectivity index (χ2v) is 4.97. The second-order valence-electron chi connectivity index (χ2n) is 4.59. The van der Waals surface area contributed by atoms with Crippen molar-refractivity contribution in [1.82, 2.24) is 14.8 Å². The van der Waals surface area contributed by atoms with Gasteiger partial charge in [0.2, 0.25) is 0 Å². The fraction of sp³-hybridized carbons (Fsp3) is 0.429. The maximum atomic E-state index is 12.9. The molecule has 0 aliphatic carbocycles. The van der Waals surface area contributed by atoms with Gasteiger partial charge in [0.05, 0.1) is 34.3 Å². The van der Waals surface area contributed by atoms with Gasteiger partial charge in [-0.3, -0.25) is 9.67 Å². The Kier molecular flexibility index (Phi) is 4.73. The number of nitrogens with two attached hydrogens (primary N) is 1. The van der Waals surface area contributed by atoms with Gasteiger partial charge in [0.1, 0.15) is 5.82 Å². The first-order valence-corrected chi connectivity index (χ1v) is 7.05. The summed E-state index contributed by atoms with van der Waals surface area (Å²) in [6.07, 6.45) is 2.48. The van der Waals surface area contributed by atoms with Crippen molar-refractivity contribution in [3.8, 4) is 0 Å². The van der Waals surface area contributed by atoms with Crippen LogP contribution < -0.4 is 5.73 Å². The Morgan fingerprint density at radius 3 is 2.70 bits per heavy atom. The second kappa shape index (κ2) is 6.33. The van der Waals surface area contributed by atoms with Gasteiger partial charge >= 0.3 is 0 Å². The van der Waals surface area contributed by atoms with Crippen LogP contribution in [-0.4, -0.2) is 14.8 Å². The summed E-state index contributed by atoms with van der Waals surface area (Å²) < 4.78 is 14.7. The first kappa shape index (κ1) is 14.9. The summed E-state index contributed by atoms with van der Waals surface area (Å²) in [6, 6.07) is 2.62. The smallest absolute Gasteiger partial charge is 0.141 e. The Morgan fingerprint density at radius 1 is 1.40 bits per heavy atom. The molecule has 108 valence electrons. The molecule has 1 unspecified atom stereocenters. The van der Waals surface area contributed by atoms with Gasteiger partial charge in [0, 0.05) is 13.0 Å². The number of nitrogens with zero attached hydrogens (tertiary/aromatic N) is 3. The number of aryl methyl sites for hydroxylation is 2. The molecular weight excluding hydrogens is 279 g/mol. The van der Waals surface area contributed by atoms with Gasteiger partial charge in [-0.1, -0.05) is 18.5 Å². The number of halogens is 2. The van der Waals surface area contributed by atoms with Gasteiger partial charge in [0.15, 0.2) is 0 Å². The fourth-order valence-corrected chi connectivity index (χ4v) is 2.48. The van der Waals surface area contributed by atoms with E-state index in [1.807, 2.05) is 18.5 Å². The van der Waals surface area contributed by atoms with E-state index >= 15 is 0 Å². The summed E-state index contributed by atoms with van der Waals surface area (Å²) in [7, 11) is 0. The Labute approximate surface area is 122 Å². The number of hydrogen-bond acceptors (Lipinski definition) is 3. The molecule has 0 fully saturated rings. The molecule has 20 heavy (non-hydrogen) atoms. The third-order valence-electron chi connectivity index (χ3n) is 3.24. The van der Waals surface area contributed by atoms with Gasteiger partial charge in [-0.05, 0) is 25.5 Å². The molecule has 0 bridgehead atoms. The molecular formula is C14H18ClFN4. The molecule has 0 radical (unpaired) electrons. The van der Waals surface area contributed by atoms with Gasteiger partial charge in [0.25, 0.3) is 0 Å². The summed E-state index contributed by atoms with van der Waals surface area (Å²) in [4.78, 5) is 4.01. The van der Waals surface area contributed by atoms with E-state index in [9.17, 15) is 4.39 Å². The van der Waals surface area contributed by atoms with Crippen LogP contribution in [0, 0.1) is 5.82 Å². The molecule has 0 aliphatic rings. The summed E-state index contributed by atoms with van der Waals surface area (Å²) in [5.41, 5.74) is 8.56. The number of pyridine rings is 1. The van der Waals surface area contributed by atoms with E-state index in [0.717, 1.165) is 24.4 Å². The normalized spacial score (nSPS) is 12.7. The van der Waals surface area contributed by atoms with Crippen LogP contribution in [0.4, 0.5) is 4.39 Å². The minimum Gasteiger partial charge on any atom is -0.322 e. The lowest BCUT2D eigenvalue weighted by Gasteiger charge is -2.12. The van der Waals surface area contributed by atoms with Crippen LogP contribution in [0.15, 0.2) is 18.3 Å². The molecule has 2 heterocycles. The predicted octanol–water partition coefficient (Wildman–Crippen LogP) is 2.90. The van der Waals surface area contributed by atoms with E-state index in [2.05, 4.69) is 10.1 Å². The molecule has 1 atom stereocenters. The zero-order chi connectivity index (χ0) is 14.7. The quantitative estimate of drug-likeness (QED) is 0.923. The Balaban J connectivity index is 2.25. The highest BCUT2D eigenvalue weighted by Gasteiger charge is 2.18. The molecule has 2 aromatic rings. The van der Waals surface area contributed by atoms with E-state index in [4.69, 9.17) is 17.3 Å². The number of aromatic nitrogens is 3. The summed E-state index contributed by atoms with van der Waals surface area (Å²) in [5, 5.41) is 5.13. The minimum absolute atomic E-state index is 0.334. The third-order valence-corrected chi connectivity index (χ3v) is 3.67. The molecule has 0 amide bonds. The first-order valence-electron chi connectivity index (χ1n) is 6.67. The molecule has 0 spiro atoms. The maximum absolute atomic E-state index is 12.9.